The van der Waals surface area contributed by atoms with Crippen molar-refractivity contribution in [3.63, 3.8) is 0 Å². The molecule has 0 spiro atoms. The normalized spacial score (nSPS) is 31.5. The summed E-state index contributed by atoms with van der Waals surface area (Å²) in [5.41, 5.74) is 0.0890. The molecule has 0 heterocycles. The van der Waals surface area contributed by atoms with E-state index in [1.807, 2.05) is 0 Å². The molecule has 2 N–H and O–H groups in total. The standard InChI is InChI=1S/C18H20BrN3O3S/c19-15-2-1-13(22(24)25)6-14(15)16(23)20-17(26)21-18-7-10-3-11(8-18)5-12(4-10)9-18/h1-2,6,10-12H,3-5,7-9H2,(H2,20,21,23,26). The number of carbonyl (C=O) groups excluding carboxylic acids is 1. The number of amides is 1. The quantitative estimate of drug-likeness (QED) is 0.425. The minimum atomic E-state index is -0.519. The lowest BCUT2D eigenvalue weighted by atomic mass is 9.53. The lowest BCUT2D eigenvalue weighted by Gasteiger charge is -2.57. The summed E-state index contributed by atoms with van der Waals surface area (Å²) >= 11 is 8.68. The van der Waals surface area contributed by atoms with Crippen molar-refractivity contribution >= 4 is 44.9 Å². The lowest BCUT2D eigenvalue weighted by molar-refractivity contribution is -0.384. The van der Waals surface area contributed by atoms with Gasteiger partial charge in [0.2, 0.25) is 0 Å². The Hall–Kier alpha value is -1.54. The topological polar surface area (TPSA) is 84.3 Å². The molecule has 0 aromatic heterocycles. The van der Waals surface area contributed by atoms with Crippen molar-refractivity contribution in [1.82, 2.24) is 10.6 Å². The highest BCUT2D eigenvalue weighted by molar-refractivity contribution is 9.10. The Balaban J connectivity index is 1.45. The summed E-state index contributed by atoms with van der Waals surface area (Å²) in [5.74, 6) is 1.89. The first-order valence-corrected chi connectivity index (χ1v) is 10.1. The molecule has 4 saturated carbocycles. The molecule has 0 aliphatic heterocycles. The molecule has 5 rings (SSSR count). The lowest BCUT2D eigenvalue weighted by Crippen LogP contribution is -2.61. The number of rotatable bonds is 3. The Bertz CT molecular complexity index is 763. The van der Waals surface area contributed by atoms with E-state index in [9.17, 15) is 14.9 Å². The molecule has 138 valence electrons. The minimum Gasteiger partial charge on any atom is -0.357 e. The van der Waals surface area contributed by atoms with Crippen LogP contribution in [0.25, 0.3) is 0 Å². The molecule has 26 heavy (non-hydrogen) atoms. The van der Waals surface area contributed by atoms with E-state index < -0.39 is 10.8 Å². The van der Waals surface area contributed by atoms with Crippen LogP contribution in [0.15, 0.2) is 22.7 Å². The van der Waals surface area contributed by atoms with Gasteiger partial charge < -0.3 is 5.32 Å². The number of nitro benzene ring substituents is 1. The highest BCUT2D eigenvalue weighted by atomic mass is 79.9. The third kappa shape index (κ3) is 3.36. The van der Waals surface area contributed by atoms with Gasteiger partial charge in [0.05, 0.1) is 10.5 Å². The van der Waals surface area contributed by atoms with E-state index in [-0.39, 0.29) is 16.8 Å². The van der Waals surface area contributed by atoms with Gasteiger partial charge in [-0.25, -0.2) is 0 Å². The number of halogens is 1. The number of nitrogens with zero attached hydrogens (tertiary/aromatic N) is 1. The molecule has 4 aliphatic rings. The van der Waals surface area contributed by atoms with Gasteiger partial charge >= 0.3 is 0 Å². The molecule has 1 amide bonds. The maximum absolute atomic E-state index is 12.5. The second kappa shape index (κ2) is 6.56. The van der Waals surface area contributed by atoms with Crippen LogP contribution in [-0.2, 0) is 0 Å². The molecule has 4 fully saturated rings. The smallest absolute Gasteiger partial charge is 0.270 e. The van der Waals surface area contributed by atoms with Crippen LogP contribution in [0.2, 0.25) is 0 Å². The second-order valence-electron chi connectivity index (χ2n) is 8.03. The third-order valence-electron chi connectivity index (χ3n) is 6.05. The van der Waals surface area contributed by atoms with Crippen molar-refractivity contribution in [3.05, 3.63) is 38.3 Å². The van der Waals surface area contributed by atoms with Crippen LogP contribution >= 0.6 is 28.1 Å². The van der Waals surface area contributed by atoms with Crippen molar-refractivity contribution in [3.8, 4) is 0 Å². The first kappa shape index (κ1) is 17.9. The fraction of sp³-hybridized carbons (Fsp3) is 0.556. The predicted molar refractivity (Wildman–Crippen MR) is 105 cm³/mol. The van der Waals surface area contributed by atoms with Gasteiger partial charge in [-0.1, -0.05) is 0 Å². The summed E-state index contributed by atoms with van der Waals surface area (Å²) in [6.07, 6.45) is 7.36. The predicted octanol–water partition coefficient (Wildman–Crippen LogP) is 3.93. The summed E-state index contributed by atoms with van der Waals surface area (Å²) in [6, 6.07) is 4.11. The summed E-state index contributed by atoms with van der Waals surface area (Å²) in [4.78, 5) is 23.0. The van der Waals surface area contributed by atoms with Crippen LogP contribution in [0.5, 0.6) is 0 Å². The summed E-state index contributed by atoms with van der Waals surface area (Å²) in [7, 11) is 0. The van der Waals surface area contributed by atoms with E-state index in [2.05, 4.69) is 26.6 Å². The highest BCUT2D eigenvalue weighted by Gasteiger charge is 2.51. The number of non-ortho nitro benzene ring substituents is 1. The van der Waals surface area contributed by atoms with Gasteiger partial charge in [0.15, 0.2) is 5.11 Å². The zero-order valence-corrected chi connectivity index (χ0v) is 16.6. The number of nitro groups is 1. The maximum atomic E-state index is 12.5. The number of hydrogen-bond acceptors (Lipinski definition) is 4. The Morgan fingerprint density at radius 3 is 2.31 bits per heavy atom. The fourth-order valence-electron chi connectivity index (χ4n) is 5.51. The molecule has 0 unspecified atom stereocenters. The van der Waals surface area contributed by atoms with E-state index in [1.165, 1.54) is 37.5 Å². The molecule has 0 atom stereocenters. The Morgan fingerprint density at radius 2 is 1.77 bits per heavy atom. The molecule has 1 aromatic carbocycles. The number of nitrogens with one attached hydrogen (secondary N) is 2. The summed E-state index contributed by atoms with van der Waals surface area (Å²) in [6.45, 7) is 0. The highest BCUT2D eigenvalue weighted by Crippen LogP contribution is 2.55. The summed E-state index contributed by atoms with van der Waals surface area (Å²) in [5, 5.41) is 17.4. The van der Waals surface area contributed by atoms with Crippen LogP contribution in [0.1, 0.15) is 48.9 Å². The Kier molecular flexibility index (Phi) is 4.51. The zero-order valence-electron chi connectivity index (χ0n) is 14.2. The first-order chi connectivity index (χ1) is 12.3. The Morgan fingerprint density at radius 1 is 1.19 bits per heavy atom. The molecule has 4 aliphatic carbocycles. The first-order valence-electron chi connectivity index (χ1n) is 8.91. The van der Waals surface area contributed by atoms with Crippen LogP contribution in [-0.4, -0.2) is 21.5 Å². The number of hydrogen-bond donors (Lipinski definition) is 2. The maximum Gasteiger partial charge on any atom is 0.270 e. The van der Waals surface area contributed by atoms with Gasteiger partial charge in [0, 0.05) is 22.1 Å². The van der Waals surface area contributed by atoms with Gasteiger partial charge in [-0.3, -0.25) is 20.2 Å². The average Bonchev–Trinajstić information content (AvgIpc) is 2.52. The molecule has 0 radical (unpaired) electrons. The van der Waals surface area contributed by atoms with Crippen molar-refractivity contribution < 1.29 is 9.72 Å². The molecule has 8 heteroatoms. The Labute approximate surface area is 165 Å². The van der Waals surface area contributed by atoms with Gasteiger partial charge in [-0.05, 0) is 90.5 Å². The monoisotopic (exact) mass is 437 g/mol. The molecule has 6 nitrogen and oxygen atoms in total. The van der Waals surface area contributed by atoms with Crippen LogP contribution in [0.3, 0.4) is 0 Å². The zero-order chi connectivity index (χ0) is 18.5. The number of benzene rings is 1. The third-order valence-corrected chi connectivity index (χ3v) is 6.95. The summed E-state index contributed by atoms with van der Waals surface area (Å²) < 4.78 is 0.498. The van der Waals surface area contributed by atoms with E-state index in [4.69, 9.17) is 12.2 Å². The van der Waals surface area contributed by atoms with Crippen LogP contribution in [0.4, 0.5) is 5.69 Å². The fourth-order valence-corrected chi connectivity index (χ4v) is 6.24. The molecular weight excluding hydrogens is 418 g/mol. The van der Waals surface area contributed by atoms with Gasteiger partial charge in [0.25, 0.3) is 11.6 Å². The van der Waals surface area contributed by atoms with Gasteiger partial charge in [-0.15, -0.1) is 0 Å². The van der Waals surface area contributed by atoms with Crippen molar-refractivity contribution in [2.24, 2.45) is 17.8 Å². The van der Waals surface area contributed by atoms with Gasteiger partial charge in [0.1, 0.15) is 0 Å². The van der Waals surface area contributed by atoms with Crippen molar-refractivity contribution in [2.75, 3.05) is 0 Å². The average molecular weight is 438 g/mol. The van der Waals surface area contributed by atoms with Crippen LogP contribution < -0.4 is 10.6 Å². The molecular formula is C18H20BrN3O3S. The minimum absolute atomic E-state index is 0.0129. The SMILES string of the molecule is O=C(NC(=S)NC12CC3CC(CC(C3)C1)C2)c1cc([N+](=O)[O-])ccc1Br. The van der Waals surface area contributed by atoms with Crippen molar-refractivity contribution in [1.29, 1.82) is 0 Å². The van der Waals surface area contributed by atoms with E-state index >= 15 is 0 Å². The molecule has 4 bridgehead atoms. The largest absolute Gasteiger partial charge is 0.357 e. The number of carbonyl (C=O) groups is 1. The number of thiocarbonyl (C=S) groups is 1. The molecule has 1 aromatic rings. The molecule has 0 saturated heterocycles. The second-order valence-corrected chi connectivity index (χ2v) is 9.29. The van der Waals surface area contributed by atoms with Gasteiger partial charge in [-0.2, -0.15) is 0 Å². The van der Waals surface area contributed by atoms with Crippen LogP contribution in [0, 0.1) is 27.9 Å². The van der Waals surface area contributed by atoms with Crippen molar-refractivity contribution in [2.45, 2.75) is 44.1 Å². The van der Waals surface area contributed by atoms with E-state index in [0.717, 1.165) is 37.0 Å². The van der Waals surface area contributed by atoms with E-state index in [1.54, 1.807) is 0 Å². The van der Waals surface area contributed by atoms with E-state index in [0.29, 0.717) is 9.59 Å².